The van der Waals surface area contributed by atoms with Crippen LogP contribution in [0, 0.1) is 5.92 Å². The van der Waals surface area contributed by atoms with Gasteiger partial charge < -0.3 is 60.1 Å². The fraction of sp³-hybridized carbons (Fsp3) is 0.636. The number of hydrogen-bond acceptors (Lipinski definition) is 13. The van der Waals surface area contributed by atoms with Gasteiger partial charge in [0.05, 0.1) is 48.8 Å². The van der Waals surface area contributed by atoms with Crippen molar-refractivity contribution in [1.29, 1.82) is 0 Å². The SMILES string of the molecule is CC1CC=CC=CC=CC=CC(OC2O[C@H](C)[C@@H](O)[C@H](N)[C@@H]2O)CC2OC(O)(CC(O)CC3OC3C=CC(=O)O1)CC(O)C2C(=O)O. The number of fused-ring (bicyclic) bond motifs is 3. The van der Waals surface area contributed by atoms with E-state index in [0.717, 1.165) is 0 Å². The van der Waals surface area contributed by atoms with Gasteiger partial charge in [-0.15, -0.1) is 0 Å². The fourth-order valence-corrected chi connectivity index (χ4v) is 6.00. The highest BCUT2D eigenvalue weighted by atomic mass is 16.7. The Kier molecular flexibility index (Phi) is 13.1. The summed E-state index contributed by atoms with van der Waals surface area (Å²) >= 11 is 0. The number of epoxide rings is 1. The number of aliphatic carboxylic acids is 1. The second-order valence-corrected chi connectivity index (χ2v) is 12.6. The Morgan fingerprint density at radius 3 is 2.36 bits per heavy atom. The number of carboxylic acids is 1. The van der Waals surface area contributed by atoms with E-state index in [9.17, 15) is 40.2 Å². The predicted molar refractivity (Wildman–Crippen MR) is 165 cm³/mol. The first kappa shape index (κ1) is 37.1. The minimum Gasteiger partial charge on any atom is -0.481 e. The van der Waals surface area contributed by atoms with Crippen LogP contribution in [0.4, 0.5) is 0 Å². The van der Waals surface area contributed by atoms with Crippen molar-refractivity contribution >= 4 is 11.9 Å². The van der Waals surface area contributed by atoms with Gasteiger partial charge in [-0.2, -0.15) is 0 Å². The lowest BCUT2D eigenvalue weighted by Gasteiger charge is -2.45. The summed E-state index contributed by atoms with van der Waals surface area (Å²) in [7, 11) is 0. The third-order valence-corrected chi connectivity index (χ3v) is 8.58. The number of nitrogens with two attached hydrogens (primary N) is 1. The minimum absolute atomic E-state index is 0.0789. The average Bonchev–Trinajstić information content (AvgIpc) is 3.72. The second kappa shape index (κ2) is 16.6. The lowest BCUT2D eigenvalue weighted by molar-refractivity contribution is -0.308. The molecule has 0 spiro atoms. The zero-order valence-corrected chi connectivity index (χ0v) is 26.4. The van der Waals surface area contributed by atoms with Gasteiger partial charge in [0.25, 0.3) is 0 Å². The van der Waals surface area contributed by atoms with Crippen molar-refractivity contribution in [2.45, 2.75) is 125 Å². The molecule has 4 aliphatic heterocycles. The van der Waals surface area contributed by atoms with Gasteiger partial charge >= 0.3 is 11.9 Å². The molecule has 47 heavy (non-hydrogen) atoms. The summed E-state index contributed by atoms with van der Waals surface area (Å²) < 4.78 is 28.5. The van der Waals surface area contributed by atoms with E-state index in [1.54, 1.807) is 56.4 Å². The van der Waals surface area contributed by atoms with Gasteiger partial charge in [-0.25, -0.2) is 4.79 Å². The smallest absolute Gasteiger partial charge is 0.330 e. The van der Waals surface area contributed by atoms with Crippen molar-refractivity contribution < 1.29 is 63.9 Å². The van der Waals surface area contributed by atoms with E-state index in [1.807, 2.05) is 6.08 Å². The number of carbonyl (C=O) groups excluding carboxylic acids is 1. The molecule has 4 aliphatic rings. The van der Waals surface area contributed by atoms with E-state index in [2.05, 4.69) is 0 Å². The number of carbonyl (C=O) groups is 2. The quantitative estimate of drug-likeness (QED) is 0.157. The Morgan fingerprint density at radius 1 is 0.936 bits per heavy atom. The summed E-state index contributed by atoms with van der Waals surface area (Å²) in [6.45, 7) is 3.34. The van der Waals surface area contributed by atoms with Gasteiger partial charge in [0, 0.05) is 38.2 Å². The first-order valence-corrected chi connectivity index (χ1v) is 15.9. The standard InChI is InChI=1S/C33H47NO13/c1-18-10-8-6-4-3-5-7-9-11-21(45-32-30(39)28(34)29(38)19(2)44-32)15-25-27(31(40)41)22(36)17-33(42,47-25)16-20(35)14-24-23(46-24)12-13-26(37)43-18/h3-9,11-13,18-25,27-30,32,35-36,38-39,42H,10,14-17,34H2,1-2H3,(H,40,41)/t18?,19-,20?,21?,22?,23?,24?,25?,27?,28+,29-,30+,32?,33?/m1/s1. The van der Waals surface area contributed by atoms with E-state index >= 15 is 0 Å². The van der Waals surface area contributed by atoms with Crippen LogP contribution < -0.4 is 5.73 Å². The molecular formula is C33H47NO13. The van der Waals surface area contributed by atoms with Crippen LogP contribution in [0.5, 0.6) is 0 Å². The Bertz CT molecular complexity index is 1220. The summed E-state index contributed by atoms with van der Waals surface area (Å²) in [5, 5.41) is 63.9. The van der Waals surface area contributed by atoms with Crippen molar-refractivity contribution in [3.63, 3.8) is 0 Å². The second-order valence-electron chi connectivity index (χ2n) is 12.6. The van der Waals surface area contributed by atoms with Crippen LogP contribution in [0.3, 0.4) is 0 Å². The minimum atomic E-state index is -2.10. The molecular weight excluding hydrogens is 618 g/mol. The van der Waals surface area contributed by atoms with Gasteiger partial charge in [0.15, 0.2) is 12.1 Å². The zero-order chi connectivity index (χ0) is 34.3. The molecule has 0 radical (unpaired) electrons. The molecule has 0 aromatic carbocycles. The molecule has 10 unspecified atom stereocenters. The largest absolute Gasteiger partial charge is 0.481 e. The Balaban J connectivity index is 1.58. The number of carboxylic acid groups (broad SMARTS) is 1. The van der Waals surface area contributed by atoms with Crippen molar-refractivity contribution in [2.24, 2.45) is 11.7 Å². The van der Waals surface area contributed by atoms with Crippen LogP contribution in [0.1, 0.15) is 46.0 Å². The molecule has 14 nitrogen and oxygen atoms in total. The Labute approximate surface area is 273 Å². The van der Waals surface area contributed by atoms with Crippen LogP contribution in [0.15, 0.2) is 60.8 Å². The third-order valence-electron chi connectivity index (χ3n) is 8.58. The first-order valence-electron chi connectivity index (χ1n) is 15.9. The number of ether oxygens (including phenoxy) is 5. The first-order chi connectivity index (χ1) is 22.3. The van der Waals surface area contributed by atoms with Gasteiger partial charge in [0.1, 0.15) is 24.2 Å². The lowest BCUT2D eigenvalue weighted by atomic mass is 9.83. The fourth-order valence-electron chi connectivity index (χ4n) is 6.00. The molecule has 4 heterocycles. The van der Waals surface area contributed by atoms with Gasteiger partial charge in [-0.1, -0.05) is 48.6 Å². The zero-order valence-electron chi connectivity index (χ0n) is 26.4. The molecule has 8 N–H and O–H groups in total. The number of cyclic esters (lactones) is 1. The Hall–Kier alpha value is -2.76. The molecule has 0 aromatic rings. The molecule has 14 heteroatoms. The van der Waals surface area contributed by atoms with Crippen LogP contribution in [-0.2, 0) is 33.3 Å². The van der Waals surface area contributed by atoms with Gasteiger partial charge in [-0.05, 0) is 19.9 Å². The van der Waals surface area contributed by atoms with E-state index in [1.165, 1.54) is 12.2 Å². The van der Waals surface area contributed by atoms with E-state index in [0.29, 0.717) is 6.42 Å². The molecule has 0 amide bonds. The maximum atomic E-state index is 12.3. The highest BCUT2D eigenvalue weighted by molar-refractivity contribution is 5.82. The number of allylic oxidation sites excluding steroid dienone is 6. The Morgan fingerprint density at radius 2 is 1.64 bits per heavy atom. The molecule has 4 rings (SSSR count). The number of esters is 1. The molecule has 0 aliphatic carbocycles. The van der Waals surface area contributed by atoms with Gasteiger partial charge in [0.2, 0.25) is 0 Å². The average molecular weight is 666 g/mol. The molecule has 14 atom stereocenters. The third kappa shape index (κ3) is 10.6. The number of aliphatic hydroxyl groups excluding tert-OH is 4. The molecule has 3 saturated heterocycles. The summed E-state index contributed by atoms with van der Waals surface area (Å²) in [6, 6.07) is -1.08. The summed E-state index contributed by atoms with van der Waals surface area (Å²) in [4.78, 5) is 24.4. The van der Waals surface area contributed by atoms with Gasteiger partial charge in [-0.3, -0.25) is 4.79 Å². The lowest BCUT2D eigenvalue weighted by Crippen LogP contribution is -2.61. The van der Waals surface area contributed by atoms with Crippen LogP contribution >= 0.6 is 0 Å². The van der Waals surface area contributed by atoms with E-state index in [4.69, 9.17) is 29.4 Å². The highest BCUT2D eigenvalue weighted by Gasteiger charge is 2.51. The van der Waals surface area contributed by atoms with Crippen LogP contribution in [0.2, 0.25) is 0 Å². The normalized spacial score (nSPS) is 43.8. The number of rotatable bonds is 3. The van der Waals surface area contributed by atoms with Crippen LogP contribution in [0.25, 0.3) is 0 Å². The van der Waals surface area contributed by atoms with Crippen molar-refractivity contribution in [2.75, 3.05) is 0 Å². The topological polar surface area (TPSA) is 231 Å². The molecule has 0 aromatic heterocycles. The van der Waals surface area contributed by atoms with E-state index in [-0.39, 0.29) is 25.4 Å². The molecule has 0 saturated carbocycles. The number of aliphatic hydroxyl groups is 5. The summed E-state index contributed by atoms with van der Waals surface area (Å²) in [5.74, 6) is -5.45. The monoisotopic (exact) mass is 665 g/mol. The van der Waals surface area contributed by atoms with Crippen molar-refractivity contribution in [3.8, 4) is 0 Å². The summed E-state index contributed by atoms with van der Waals surface area (Å²) in [6.07, 6.45) is 5.25. The predicted octanol–water partition coefficient (Wildman–Crippen LogP) is 0.120. The molecule has 262 valence electrons. The highest BCUT2D eigenvalue weighted by Crippen LogP contribution is 2.39. The van der Waals surface area contributed by atoms with E-state index < -0.39 is 97.3 Å². The maximum absolute atomic E-state index is 12.3. The molecule has 2 bridgehead atoms. The molecule has 3 fully saturated rings. The van der Waals surface area contributed by atoms with Crippen molar-refractivity contribution in [3.05, 3.63) is 60.8 Å². The van der Waals surface area contributed by atoms with Crippen LogP contribution in [-0.4, -0.2) is 122 Å². The van der Waals surface area contributed by atoms with Crippen molar-refractivity contribution in [1.82, 2.24) is 0 Å². The summed E-state index contributed by atoms with van der Waals surface area (Å²) in [5.41, 5.74) is 5.98. The maximum Gasteiger partial charge on any atom is 0.330 e. The number of hydrogen-bond donors (Lipinski definition) is 7.